The van der Waals surface area contributed by atoms with Gasteiger partial charge in [-0.3, -0.25) is 0 Å². The van der Waals surface area contributed by atoms with E-state index >= 15 is 0 Å². The predicted octanol–water partition coefficient (Wildman–Crippen LogP) is 4.32. The normalized spacial score (nSPS) is 12.9. The molecular formula is C19H25OP. The maximum absolute atomic E-state index is 10.2. The molecule has 2 heteroatoms. The fourth-order valence-electron chi connectivity index (χ4n) is 2.41. The minimum Gasteiger partial charge on any atom is -0.388 e. The average molecular weight is 300 g/mol. The molecule has 0 saturated carbocycles. The smallest absolute Gasteiger partial charge is 0.0790 e. The van der Waals surface area contributed by atoms with E-state index in [1.807, 2.05) is 6.07 Å². The van der Waals surface area contributed by atoms with Crippen molar-refractivity contribution in [3.63, 3.8) is 0 Å². The Morgan fingerprint density at radius 3 is 2.19 bits per heavy atom. The molecule has 2 aromatic rings. The molecule has 2 rings (SSSR count). The summed E-state index contributed by atoms with van der Waals surface area (Å²) in [5.74, 6) is 0. The lowest BCUT2D eigenvalue weighted by Gasteiger charge is -2.11. The maximum atomic E-state index is 10.2. The average Bonchev–Trinajstić information content (AvgIpc) is 2.53. The van der Waals surface area contributed by atoms with Crippen LogP contribution < -0.4 is 10.6 Å². The molecule has 1 nitrogen and oxygen atoms in total. The van der Waals surface area contributed by atoms with Gasteiger partial charge in [0, 0.05) is 0 Å². The Kier molecular flexibility index (Phi) is 6.92. The third kappa shape index (κ3) is 5.61. The number of benzene rings is 2. The zero-order valence-electron chi connectivity index (χ0n) is 12.8. The lowest BCUT2D eigenvalue weighted by Crippen LogP contribution is -2.04. The quantitative estimate of drug-likeness (QED) is 0.568. The number of unbranched alkanes of at least 4 members (excludes halogenated alkanes) is 3. The fraction of sp³-hybridized carbons (Fsp3) is 0.368. The first-order valence-electron chi connectivity index (χ1n) is 7.89. The van der Waals surface area contributed by atoms with Crippen LogP contribution in [-0.4, -0.2) is 5.11 Å². The number of hydrogen-bond donors (Lipinski definition) is 1. The van der Waals surface area contributed by atoms with E-state index in [4.69, 9.17) is 0 Å². The Labute approximate surface area is 130 Å². The molecule has 0 radical (unpaired) electrons. The number of aliphatic hydroxyl groups is 1. The van der Waals surface area contributed by atoms with Crippen LogP contribution in [0.2, 0.25) is 0 Å². The van der Waals surface area contributed by atoms with Gasteiger partial charge in [0.15, 0.2) is 0 Å². The Morgan fingerprint density at radius 1 is 0.857 bits per heavy atom. The predicted molar refractivity (Wildman–Crippen MR) is 94.2 cm³/mol. The van der Waals surface area contributed by atoms with E-state index in [9.17, 15) is 5.11 Å². The van der Waals surface area contributed by atoms with Crippen LogP contribution in [0.25, 0.3) is 0 Å². The number of rotatable bonds is 8. The van der Waals surface area contributed by atoms with Gasteiger partial charge >= 0.3 is 0 Å². The Balaban J connectivity index is 1.86. The zero-order valence-corrected chi connectivity index (χ0v) is 13.8. The molecule has 0 aromatic heterocycles. The SMILES string of the molecule is CCCCCCC(O)c1ccc(Pc2ccccc2)cc1. The number of hydrogen-bond acceptors (Lipinski definition) is 1. The highest BCUT2D eigenvalue weighted by Gasteiger charge is 2.07. The molecule has 0 spiro atoms. The summed E-state index contributed by atoms with van der Waals surface area (Å²) in [4.78, 5) is 0. The van der Waals surface area contributed by atoms with Crippen LogP contribution in [0.4, 0.5) is 0 Å². The monoisotopic (exact) mass is 300 g/mol. The van der Waals surface area contributed by atoms with Crippen molar-refractivity contribution in [2.24, 2.45) is 0 Å². The van der Waals surface area contributed by atoms with Gasteiger partial charge in [-0.2, -0.15) is 0 Å². The minimum atomic E-state index is -0.309. The molecule has 2 aromatic carbocycles. The lowest BCUT2D eigenvalue weighted by atomic mass is 10.0. The molecule has 0 aliphatic rings. The summed E-state index contributed by atoms with van der Waals surface area (Å²) in [7, 11) is 0.686. The second-order valence-corrected chi connectivity index (χ2v) is 6.88. The van der Waals surface area contributed by atoms with Crippen LogP contribution in [0, 0.1) is 0 Å². The van der Waals surface area contributed by atoms with Gasteiger partial charge in [0.1, 0.15) is 0 Å². The van der Waals surface area contributed by atoms with Crippen LogP contribution in [0.15, 0.2) is 54.6 Å². The van der Waals surface area contributed by atoms with E-state index in [1.165, 1.54) is 29.9 Å². The third-order valence-electron chi connectivity index (χ3n) is 3.69. The van der Waals surface area contributed by atoms with E-state index in [0.717, 1.165) is 18.4 Å². The van der Waals surface area contributed by atoms with Gasteiger partial charge in [0.05, 0.1) is 6.10 Å². The van der Waals surface area contributed by atoms with E-state index in [0.29, 0.717) is 8.58 Å². The molecule has 112 valence electrons. The Morgan fingerprint density at radius 2 is 1.52 bits per heavy atom. The van der Waals surface area contributed by atoms with Crippen molar-refractivity contribution in [1.29, 1.82) is 0 Å². The summed E-state index contributed by atoms with van der Waals surface area (Å²) in [5, 5.41) is 12.9. The summed E-state index contributed by atoms with van der Waals surface area (Å²) in [6.45, 7) is 2.21. The summed E-state index contributed by atoms with van der Waals surface area (Å²) in [6, 6.07) is 19.0. The van der Waals surface area contributed by atoms with Gasteiger partial charge < -0.3 is 5.11 Å². The first-order valence-corrected chi connectivity index (χ1v) is 8.89. The molecule has 0 bridgehead atoms. The molecule has 0 heterocycles. The standard InChI is InChI=1S/C19H25OP/c1-2-3-4-8-11-19(20)16-12-14-18(15-13-16)21-17-9-6-5-7-10-17/h5-7,9-10,12-15,19-21H,2-4,8,11H2,1H3. The molecule has 2 unspecified atom stereocenters. The second kappa shape index (κ2) is 8.97. The van der Waals surface area contributed by atoms with Gasteiger partial charge in [-0.15, -0.1) is 0 Å². The van der Waals surface area contributed by atoms with Gasteiger partial charge in [0.25, 0.3) is 0 Å². The van der Waals surface area contributed by atoms with Crippen molar-refractivity contribution in [1.82, 2.24) is 0 Å². The fourth-order valence-corrected chi connectivity index (χ4v) is 3.43. The van der Waals surface area contributed by atoms with Crippen molar-refractivity contribution < 1.29 is 5.11 Å². The second-order valence-electron chi connectivity index (χ2n) is 5.48. The molecule has 21 heavy (non-hydrogen) atoms. The Bertz CT molecular complexity index is 507. The van der Waals surface area contributed by atoms with Gasteiger partial charge in [0.2, 0.25) is 0 Å². The van der Waals surface area contributed by atoms with Gasteiger partial charge in [-0.05, 0) is 22.6 Å². The molecule has 0 amide bonds. The van der Waals surface area contributed by atoms with Crippen LogP contribution in [-0.2, 0) is 0 Å². The Hall–Kier alpha value is -1.17. The molecular weight excluding hydrogens is 275 g/mol. The van der Waals surface area contributed by atoms with E-state index < -0.39 is 0 Å². The summed E-state index contributed by atoms with van der Waals surface area (Å²) in [5.41, 5.74) is 1.05. The molecule has 0 aliphatic heterocycles. The molecule has 0 fully saturated rings. The highest BCUT2D eigenvalue weighted by atomic mass is 31.1. The maximum Gasteiger partial charge on any atom is 0.0790 e. The summed E-state index contributed by atoms with van der Waals surface area (Å²) in [6.07, 6.45) is 5.41. The van der Waals surface area contributed by atoms with Crippen molar-refractivity contribution >= 4 is 19.2 Å². The third-order valence-corrected chi connectivity index (χ3v) is 4.93. The lowest BCUT2D eigenvalue weighted by molar-refractivity contribution is 0.163. The van der Waals surface area contributed by atoms with Crippen LogP contribution in [0.5, 0.6) is 0 Å². The molecule has 0 saturated heterocycles. The summed E-state index contributed by atoms with van der Waals surface area (Å²) < 4.78 is 0. The van der Waals surface area contributed by atoms with E-state index in [2.05, 4.69) is 55.5 Å². The highest BCUT2D eigenvalue weighted by Crippen LogP contribution is 2.20. The molecule has 0 aliphatic carbocycles. The van der Waals surface area contributed by atoms with Crippen molar-refractivity contribution in [2.75, 3.05) is 0 Å². The topological polar surface area (TPSA) is 20.2 Å². The van der Waals surface area contributed by atoms with Crippen LogP contribution in [0.1, 0.15) is 50.7 Å². The van der Waals surface area contributed by atoms with Crippen LogP contribution in [0.3, 0.4) is 0 Å². The van der Waals surface area contributed by atoms with E-state index in [1.54, 1.807) is 0 Å². The zero-order chi connectivity index (χ0) is 14.9. The first-order chi connectivity index (χ1) is 10.3. The molecule has 2 atom stereocenters. The van der Waals surface area contributed by atoms with Crippen LogP contribution >= 0.6 is 8.58 Å². The van der Waals surface area contributed by atoms with Gasteiger partial charge in [-0.1, -0.05) is 95.8 Å². The van der Waals surface area contributed by atoms with Crippen molar-refractivity contribution in [2.45, 2.75) is 45.1 Å². The highest BCUT2D eigenvalue weighted by molar-refractivity contribution is 7.55. The van der Waals surface area contributed by atoms with E-state index in [-0.39, 0.29) is 6.10 Å². The first kappa shape index (κ1) is 16.2. The number of aliphatic hydroxyl groups excluding tert-OH is 1. The summed E-state index contributed by atoms with van der Waals surface area (Å²) >= 11 is 0. The van der Waals surface area contributed by atoms with Crippen molar-refractivity contribution in [3.05, 3.63) is 60.2 Å². The largest absolute Gasteiger partial charge is 0.388 e. The molecule has 1 N–H and O–H groups in total. The minimum absolute atomic E-state index is 0.309. The van der Waals surface area contributed by atoms with Crippen molar-refractivity contribution in [3.8, 4) is 0 Å². The van der Waals surface area contributed by atoms with Gasteiger partial charge in [-0.25, -0.2) is 0 Å².